The van der Waals surface area contributed by atoms with Gasteiger partial charge in [0.05, 0.1) is 13.2 Å². The summed E-state index contributed by atoms with van der Waals surface area (Å²) < 4.78 is 32.6. The van der Waals surface area contributed by atoms with E-state index < -0.39 is 32.5 Å². The molecule has 2 unspecified atom stereocenters. The Morgan fingerprint density at radius 1 is 0.608 bits per heavy atom. The maximum atomic E-state index is 12.5. The van der Waals surface area contributed by atoms with Gasteiger partial charge in [-0.1, -0.05) is 125 Å². The lowest BCUT2D eigenvalue weighted by Gasteiger charge is -2.19. The Balaban J connectivity index is 4.30. The first-order valence-corrected chi connectivity index (χ1v) is 20.9. The summed E-state index contributed by atoms with van der Waals surface area (Å²) >= 11 is 0. The van der Waals surface area contributed by atoms with Gasteiger partial charge in [-0.3, -0.25) is 18.6 Å². The van der Waals surface area contributed by atoms with Crippen molar-refractivity contribution < 1.29 is 37.6 Å². The molecule has 0 rings (SSSR count). The summed E-state index contributed by atoms with van der Waals surface area (Å²) in [6.07, 6.45) is 43.6. The molecule has 292 valence electrons. The Morgan fingerprint density at radius 3 is 1.65 bits per heavy atom. The van der Waals surface area contributed by atoms with Gasteiger partial charge in [-0.15, -0.1) is 0 Å². The normalized spacial score (nSPS) is 14.2. The highest BCUT2D eigenvalue weighted by Crippen LogP contribution is 2.43. The topological polar surface area (TPSA) is 134 Å². The molecule has 0 aliphatic carbocycles. The SMILES string of the molecule is CCC=CCC=CCC=CCC=CCC=CCCCCCC(=O)OC(COC(=O)CCCCCCCC=CCCCC)COP(=O)(O)OCCN. The van der Waals surface area contributed by atoms with Crippen LogP contribution in [0.3, 0.4) is 0 Å². The van der Waals surface area contributed by atoms with E-state index in [0.29, 0.717) is 12.8 Å². The molecule has 3 N–H and O–H groups in total. The molecular formula is C41H70NO8P. The first-order chi connectivity index (χ1) is 24.8. The Kier molecular flexibility index (Phi) is 35.4. The summed E-state index contributed by atoms with van der Waals surface area (Å²) in [6.45, 7) is 3.50. The standard InChI is InChI=1S/C41H70NO8P/c1-3-5-7-9-11-13-15-16-17-18-19-20-21-22-24-26-28-30-32-34-41(44)50-39(38-49-51(45,46)48-36-35-42)37-47-40(43)33-31-29-27-25-23-14-12-10-8-6-4-2/h5,7,10-13,16-17,19-20,22,24,39H,3-4,6,8-9,14-15,18,21,23,25-38,42H2,1-2H3,(H,45,46). The second-order valence-corrected chi connectivity index (χ2v) is 13.9. The summed E-state index contributed by atoms with van der Waals surface area (Å²) in [5.41, 5.74) is 5.33. The molecule has 0 radical (unpaired) electrons. The quantitative estimate of drug-likeness (QED) is 0.0282. The monoisotopic (exact) mass is 735 g/mol. The maximum Gasteiger partial charge on any atom is 0.472 e. The largest absolute Gasteiger partial charge is 0.472 e. The van der Waals surface area contributed by atoms with E-state index in [1.807, 2.05) is 0 Å². The number of nitrogens with two attached hydrogens (primary N) is 1. The van der Waals surface area contributed by atoms with Gasteiger partial charge in [-0.2, -0.15) is 0 Å². The Morgan fingerprint density at radius 2 is 1.08 bits per heavy atom. The van der Waals surface area contributed by atoms with E-state index in [1.54, 1.807) is 0 Å². The van der Waals surface area contributed by atoms with Crippen LogP contribution in [0.4, 0.5) is 0 Å². The number of carbonyl (C=O) groups excluding carboxylic acids is 2. The predicted molar refractivity (Wildman–Crippen MR) is 210 cm³/mol. The van der Waals surface area contributed by atoms with Gasteiger partial charge in [0.15, 0.2) is 6.10 Å². The van der Waals surface area contributed by atoms with Crippen LogP contribution in [0.2, 0.25) is 0 Å². The van der Waals surface area contributed by atoms with Crippen LogP contribution in [0.15, 0.2) is 72.9 Å². The molecule has 0 saturated carbocycles. The highest BCUT2D eigenvalue weighted by Gasteiger charge is 2.25. The fraction of sp³-hybridized carbons (Fsp3) is 0.659. The molecule has 0 bridgehead atoms. The first-order valence-electron chi connectivity index (χ1n) is 19.4. The zero-order valence-corrected chi connectivity index (χ0v) is 32.7. The van der Waals surface area contributed by atoms with Crippen LogP contribution in [0, 0.1) is 0 Å². The number of ether oxygens (including phenoxy) is 2. The Hall–Kier alpha value is -2.55. The van der Waals surface area contributed by atoms with E-state index in [2.05, 4.69) is 86.8 Å². The molecule has 0 aliphatic rings. The Bertz CT molecular complexity index is 1070. The van der Waals surface area contributed by atoms with Crippen LogP contribution in [0.5, 0.6) is 0 Å². The van der Waals surface area contributed by atoms with Crippen molar-refractivity contribution in [3.05, 3.63) is 72.9 Å². The van der Waals surface area contributed by atoms with E-state index in [4.69, 9.17) is 24.3 Å². The van der Waals surface area contributed by atoms with E-state index in [1.165, 1.54) is 12.8 Å². The van der Waals surface area contributed by atoms with E-state index >= 15 is 0 Å². The molecule has 0 aromatic heterocycles. The summed E-state index contributed by atoms with van der Waals surface area (Å²) in [5.74, 6) is -0.887. The van der Waals surface area contributed by atoms with Gasteiger partial charge >= 0.3 is 19.8 Å². The van der Waals surface area contributed by atoms with Gasteiger partial charge < -0.3 is 20.1 Å². The molecule has 0 heterocycles. The van der Waals surface area contributed by atoms with Crippen LogP contribution >= 0.6 is 7.82 Å². The lowest BCUT2D eigenvalue weighted by molar-refractivity contribution is -0.161. The number of phosphoric ester groups is 1. The zero-order valence-electron chi connectivity index (χ0n) is 31.8. The van der Waals surface area contributed by atoms with Gasteiger partial charge in [-0.05, 0) is 77.0 Å². The highest BCUT2D eigenvalue weighted by atomic mass is 31.2. The molecule has 0 aromatic rings. The van der Waals surface area contributed by atoms with Crippen molar-refractivity contribution in [2.45, 2.75) is 148 Å². The van der Waals surface area contributed by atoms with Crippen molar-refractivity contribution in [3.8, 4) is 0 Å². The molecule has 0 saturated heterocycles. The zero-order chi connectivity index (χ0) is 37.5. The third kappa shape index (κ3) is 37.0. The number of phosphoric acid groups is 1. The minimum atomic E-state index is -4.39. The fourth-order valence-corrected chi connectivity index (χ4v) is 5.46. The lowest BCUT2D eigenvalue weighted by Crippen LogP contribution is -2.29. The van der Waals surface area contributed by atoms with Crippen molar-refractivity contribution >= 4 is 19.8 Å². The summed E-state index contributed by atoms with van der Waals surface area (Å²) in [7, 11) is -4.39. The Labute approximate surface area is 310 Å². The van der Waals surface area contributed by atoms with E-state index in [9.17, 15) is 19.0 Å². The van der Waals surface area contributed by atoms with Gasteiger partial charge in [0.1, 0.15) is 6.61 Å². The minimum Gasteiger partial charge on any atom is -0.462 e. The van der Waals surface area contributed by atoms with Crippen molar-refractivity contribution in [2.75, 3.05) is 26.4 Å². The molecule has 2 atom stereocenters. The van der Waals surface area contributed by atoms with Crippen molar-refractivity contribution in [1.29, 1.82) is 0 Å². The smallest absolute Gasteiger partial charge is 0.462 e. The molecule has 0 aromatic carbocycles. The molecule has 0 amide bonds. The van der Waals surface area contributed by atoms with Gasteiger partial charge in [-0.25, -0.2) is 4.57 Å². The number of carbonyl (C=O) groups is 2. The lowest BCUT2D eigenvalue weighted by atomic mass is 10.1. The first kappa shape index (κ1) is 48.5. The second kappa shape index (κ2) is 37.2. The number of unbranched alkanes of at least 4 members (excludes halogenated alkanes) is 10. The van der Waals surface area contributed by atoms with Crippen LogP contribution in [-0.2, 0) is 32.7 Å². The van der Waals surface area contributed by atoms with Gasteiger partial charge in [0, 0.05) is 19.4 Å². The van der Waals surface area contributed by atoms with Crippen LogP contribution in [-0.4, -0.2) is 49.3 Å². The molecule has 0 fully saturated rings. The van der Waals surface area contributed by atoms with Crippen LogP contribution in [0.25, 0.3) is 0 Å². The second-order valence-electron chi connectivity index (χ2n) is 12.4. The fourth-order valence-electron chi connectivity index (χ4n) is 4.70. The van der Waals surface area contributed by atoms with E-state index in [0.717, 1.165) is 89.9 Å². The summed E-state index contributed by atoms with van der Waals surface area (Å²) in [5, 5.41) is 0. The molecule has 0 spiro atoms. The molecule has 10 heteroatoms. The predicted octanol–water partition coefficient (Wildman–Crippen LogP) is 10.7. The highest BCUT2D eigenvalue weighted by molar-refractivity contribution is 7.47. The van der Waals surface area contributed by atoms with Crippen molar-refractivity contribution in [3.63, 3.8) is 0 Å². The number of hydrogen-bond acceptors (Lipinski definition) is 8. The van der Waals surface area contributed by atoms with Crippen molar-refractivity contribution in [2.24, 2.45) is 5.73 Å². The molecule has 9 nitrogen and oxygen atoms in total. The number of esters is 2. The molecule has 51 heavy (non-hydrogen) atoms. The third-order valence-corrected chi connectivity index (χ3v) is 8.56. The average molecular weight is 736 g/mol. The van der Waals surface area contributed by atoms with Crippen LogP contribution < -0.4 is 5.73 Å². The van der Waals surface area contributed by atoms with E-state index in [-0.39, 0.29) is 32.6 Å². The maximum absolute atomic E-state index is 12.5. The number of rotatable bonds is 35. The summed E-state index contributed by atoms with van der Waals surface area (Å²) in [6, 6.07) is 0. The summed E-state index contributed by atoms with van der Waals surface area (Å²) in [4.78, 5) is 34.7. The van der Waals surface area contributed by atoms with Gasteiger partial charge in [0.25, 0.3) is 0 Å². The minimum absolute atomic E-state index is 0.0428. The number of hydrogen-bond donors (Lipinski definition) is 2. The van der Waals surface area contributed by atoms with Gasteiger partial charge in [0.2, 0.25) is 0 Å². The van der Waals surface area contributed by atoms with Crippen LogP contribution in [0.1, 0.15) is 142 Å². The average Bonchev–Trinajstić information content (AvgIpc) is 3.11. The molecule has 0 aliphatic heterocycles. The van der Waals surface area contributed by atoms with Crippen molar-refractivity contribution in [1.82, 2.24) is 0 Å². The molecular weight excluding hydrogens is 665 g/mol. The number of allylic oxidation sites excluding steroid dienone is 12. The third-order valence-electron chi connectivity index (χ3n) is 7.58.